The summed E-state index contributed by atoms with van der Waals surface area (Å²) in [4.78, 5) is 23.1. The van der Waals surface area contributed by atoms with Crippen molar-refractivity contribution in [2.24, 2.45) is 5.92 Å². The molecule has 2 aliphatic heterocycles. The van der Waals surface area contributed by atoms with E-state index in [1.165, 1.54) is 55.9 Å². The van der Waals surface area contributed by atoms with Crippen molar-refractivity contribution in [3.05, 3.63) is 10.6 Å². The van der Waals surface area contributed by atoms with Crippen LogP contribution in [-0.4, -0.2) is 60.0 Å². The lowest BCUT2D eigenvalue weighted by molar-refractivity contribution is -0.117. The summed E-state index contributed by atoms with van der Waals surface area (Å²) in [6.07, 6.45) is 7.37. The fourth-order valence-electron chi connectivity index (χ4n) is 4.14. The third kappa shape index (κ3) is 3.75. The van der Waals surface area contributed by atoms with Crippen LogP contribution in [0.4, 0.5) is 5.13 Å². The van der Waals surface area contributed by atoms with Crippen LogP contribution >= 0.6 is 11.3 Å². The summed E-state index contributed by atoms with van der Waals surface area (Å²) in [5, 5.41) is 3.80. The Bertz CT molecular complexity index is 545. The van der Waals surface area contributed by atoms with Gasteiger partial charge in [-0.05, 0) is 64.1 Å². The van der Waals surface area contributed by atoms with Crippen LogP contribution in [0, 0.1) is 5.92 Å². The Balaban J connectivity index is 1.22. The molecule has 23 heavy (non-hydrogen) atoms. The van der Waals surface area contributed by atoms with Crippen molar-refractivity contribution in [2.45, 2.75) is 38.5 Å². The maximum atomic E-state index is 12.3. The first-order valence-electron chi connectivity index (χ1n) is 8.99. The van der Waals surface area contributed by atoms with Gasteiger partial charge in [0.1, 0.15) is 0 Å². The molecule has 4 rings (SSSR count). The van der Waals surface area contributed by atoms with E-state index in [1.54, 1.807) is 11.3 Å². The van der Waals surface area contributed by atoms with Crippen LogP contribution in [0.25, 0.3) is 0 Å². The lowest BCUT2D eigenvalue weighted by Crippen LogP contribution is -2.33. The predicted molar refractivity (Wildman–Crippen MR) is 93.0 cm³/mol. The summed E-state index contributed by atoms with van der Waals surface area (Å²) in [7, 11) is 0. The third-order valence-corrected chi connectivity index (χ3v) is 6.37. The Morgan fingerprint density at radius 3 is 2.87 bits per heavy atom. The minimum atomic E-state index is 0.0965. The topological polar surface area (TPSA) is 48.5 Å². The van der Waals surface area contributed by atoms with Gasteiger partial charge in [0.25, 0.3) is 0 Å². The minimum absolute atomic E-state index is 0.0965. The molecular formula is C17H26N4OS. The number of thiazole rings is 1. The number of aryl methyl sites for hydroxylation is 2. The highest BCUT2D eigenvalue weighted by Gasteiger charge is 2.27. The molecule has 1 aromatic rings. The first kappa shape index (κ1) is 15.5. The number of nitrogens with one attached hydrogen (secondary N) is 1. The van der Waals surface area contributed by atoms with Crippen LogP contribution in [0.2, 0.25) is 0 Å². The van der Waals surface area contributed by atoms with E-state index in [9.17, 15) is 4.79 Å². The Morgan fingerprint density at radius 2 is 2.04 bits per heavy atom. The molecule has 5 nitrogen and oxygen atoms in total. The van der Waals surface area contributed by atoms with E-state index >= 15 is 0 Å². The van der Waals surface area contributed by atoms with Crippen LogP contribution in [0.15, 0.2) is 0 Å². The van der Waals surface area contributed by atoms with E-state index in [-0.39, 0.29) is 5.91 Å². The number of nitrogens with zero attached hydrogens (tertiary/aromatic N) is 3. The standard InChI is InChI=1S/C17H26N4OS/c22-16(19-17-18-14-4-3-5-15(14)23-17)12-21-9-6-13(11-21)10-20-7-1-2-8-20/h13H,1-12H2,(H,18,19,22). The fourth-order valence-corrected chi connectivity index (χ4v) is 5.21. The molecule has 1 aromatic heterocycles. The Kier molecular flexibility index (Phi) is 4.64. The molecule has 1 aliphatic carbocycles. The molecule has 126 valence electrons. The zero-order chi connectivity index (χ0) is 15.6. The van der Waals surface area contributed by atoms with Crippen LogP contribution in [0.1, 0.15) is 36.3 Å². The summed E-state index contributed by atoms with van der Waals surface area (Å²) < 4.78 is 0. The van der Waals surface area contributed by atoms with E-state index in [0.717, 1.165) is 37.0 Å². The van der Waals surface area contributed by atoms with Crippen molar-refractivity contribution >= 4 is 22.4 Å². The largest absolute Gasteiger partial charge is 0.303 e. The average molecular weight is 334 g/mol. The number of rotatable bonds is 5. The maximum Gasteiger partial charge on any atom is 0.240 e. The summed E-state index contributed by atoms with van der Waals surface area (Å²) in [5.41, 5.74) is 1.21. The van der Waals surface area contributed by atoms with Gasteiger partial charge in [0.05, 0.1) is 12.2 Å². The Labute approximate surface area is 142 Å². The van der Waals surface area contributed by atoms with E-state index < -0.39 is 0 Å². The number of hydrogen-bond donors (Lipinski definition) is 1. The number of anilines is 1. The van der Waals surface area contributed by atoms with Crippen molar-refractivity contribution < 1.29 is 4.79 Å². The van der Waals surface area contributed by atoms with Crippen LogP contribution in [0.3, 0.4) is 0 Å². The molecule has 3 aliphatic rings. The van der Waals surface area contributed by atoms with Gasteiger partial charge in [-0.2, -0.15) is 0 Å². The molecule has 0 radical (unpaired) electrons. The van der Waals surface area contributed by atoms with Gasteiger partial charge in [0.2, 0.25) is 5.91 Å². The molecule has 2 saturated heterocycles. The summed E-state index contributed by atoms with van der Waals surface area (Å²) >= 11 is 1.66. The summed E-state index contributed by atoms with van der Waals surface area (Å²) in [6.45, 7) is 6.40. The molecule has 6 heteroatoms. The van der Waals surface area contributed by atoms with Crippen molar-refractivity contribution in [1.29, 1.82) is 0 Å². The lowest BCUT2D eigenvalue weighted by Gasteiger charge is -2.20. The number of carbonyl (C=O) groups excluding carboxylic acids is 1. The molecule has 3 heterocycles. The number of carbonyl (C=O) groups is 1. The predicted octanol–water partition coefficient (Wildman–Crippen LogP) is 1.99. The maximum absolute atomic E-state index is 12.3. The van der Waals surface area contributed by atoms with E-state index in [1.807, 2.05) is 0 Å². The Morgan fingerprint density at radius 1 is 1.17 bits per heavy atom. The molecule has 0 saturated carbocycles. The zero-order valence-corrected chi connectivity index (χ0v) is 14.5. The molecular weight excluding hydrogens is 308 g/mol. The third-order valence-electron chi connectivity index (χ3n) is 5.29. The second-order valence-corrected chi connectivity index (χ2v) is 8.27. The molecule has 1 atom stereocenters. The molecule has 1 N–H and O–H groups in total. The van der Waals surface area contributed by atoms with Gasteiger partial charge in [-0.15, -0.1) is 11.3 Å². The zero-order valence-electron chi connectivity index (χ0n) is 13.7. The average Bonchev–Trinajstić information content (AvgIpc) is 3.24. The lowest BCUT2D eigenvalue weighted by atomic mass is 10.1. The molecule has 0 spiro atoms. The van der Waals surface area contributed by atoms with E-state index in [4.69, 9.17) is 0 Å². The number of fused-ring (bicyclic) bond motifs is 1. The van der Waals surface area contributed by atoms with Crippen LogP contribution in [0.5, 0.6) is 0 Å². The van der Waals surface area contributed by atoms with E-state index in [2.05, 4.69) is 20.1 Å². The fraction of sp³-hybridized carbons (Fsp3) is 0.765. The SMILES string of the molecule is O=C(CN1CCC(CN2CCCC2)C1)Nc1nc2c(s1)CCC2. The van der Waals surface area contributed by atoms with Gasteiger partial charge in [-0.25, -0.2) is 4.98 Å². The second-order valence-electron chi connectivity index (χ2n) is 7.19. The molecule has 0 aromatic carbocycles. The Hall–Kier alpha value is -0.980. The van der Waals surface area contributed by atoms with Gasteiger partial charge < -0.3 is 10.2 Å². The number of amides is 1. The number of likely N-dealkylation sites (tertiary alicyclic amines) is 2. The second kappa shape index (κ2) is 6.87. The highest BCUT2D eigenvalue weighted by Crippen LogP contribution is 2.30. The van der Waals surface area contributed by atoms with Gasteiger partial charge in [-0.1, -0.05) is 0 Å². The van der Waals surface area contributed by atoms with Gasteiger partial charge in [-0.3, -0.25) is 9.69 Å². The van der Waals surface area contributed by atoms with Gasteiger partial charge in [0.15, 0.2) is 5.13 Å². The first-order chi connectivity index (χ1) is 11.3. The normalized spacial score (nSPS) is 25.1. The highest BCUT2D eigenvalue weighted by molar-refractivity contribution is 7.15. The molecule has 2 fully saturated rings. The quantitative estimate of drug-likeness (QED) is 0.895. The van der Waals surface area contributed by atoms with Crippen molar-refractivity contribution in [3.8, 4) is 0 Å². The van der Waals surface area contributed by atoms with Crippen LogP contribution in [-0.2, 0) is 17.6 Å². The van der Waals surface area contributed by atoms with Crippen molar-refractivity contribution in [2.75, 3.05) is 44.6 Å². The van der Waals surface area contributed by atoms with Crippen molar-refractivity contribution in [1.82, 2.24) is 14.8 Å². The van der Waals surface area contributed by atoms with Gasteiger partial charge in [0, 0.05) is 18.0 Å². The van der Waals surface area contributed by atoms with Gasteiger partial charge >= 0.3 is 0 Å². The first-order valence-corrected chi connectivity index (χ1v) is 9.81. The van der Waals surface area contributed by atoms with Crippen LogP contribution < -0.4 is 5.32 Å². The molecule has 1 amide bonds. The monoisotopic (exact) mass is 334 g/mol. The minimum Gasteiger partial charge on any atom is -0.303 e. The molecule has 1 unspecified atom stereocenters. The van der Waals surface area contributed by atoms with E-state index in [0.29, 0.717) is 6.54 Å². The van der Waals surface area contributed by atoms with Crippen molar-refractivity contribution in [3.63, 3.8) is 0 Å². The number of hydrogen-bond acceptors (Lipinski definition) is 5. The summed E-state index contributed by atoms with van der Waals surface area (Å²) in [6, 6.07) is 0. The highest BCUT2D eigenvalue weighted by atomic mass is 32.1. The number of aromatic nitrogens is 1. The summed E-state index contributed by atoms with van der Waals surface area (Å²) in [5.74, 6) is 0.837. The smallest absolute Gasteiger partial charge is 0.240 e. The molecule has 0 bridgehead atoms.